The van der Waals surface area contributed by atoms with Crippen LogP contribution in [0.5, 0.6) is 0 Å². The van der Waals surface area contributed by atoms with Crippen LogP contribution in [0.25, 0.3) is 16.8 Å². The Balaban J connectivity index is 1.87. The van der Waals surface area contributed by atoms with E-state index in [-0.39, 0.29) is 5.69 Å². The van der Waals surface area contributed by atoms with Crippen molar-refractivity contribution in [3.63, 3.8) is 0 Å². The predicted octanol–water partition coefficient (Wildman–Crippen LogP) is 6.00. The van der Waals surface area contributed by atoms with Gasteiger partial charge in [0.05, 0.1) is 21.3 Å². The average Bonchev–Trinajstić information content (AvgIpc) is 3.15. The molecule has 1 heterocycles. The summed E-state index contributed by atoms with van der Waals surface area (Å²) in [5, 5.41) is 26.5. The van der Waals surface area contributed by atoms with E-state index in [9.17, 15) is 15.4 Å². The zero-order valence-corrected chi connectivity index (χ0v) is 15.8. The molecule has 1 N–H and O–H groups in total. The first-order valence-corrected chi connectivity index (χ1v) is 9.14. The maximum absolute atomic E-state index is 10.9. The summed E-state index contributed by atoms with van der Waals surface area (Å²) in [5.41, 5.74) is 2.01. The Labute approximate surface area is 168 Å². The highest BCUT2D eigenvalue weighted by molar-refractivity contribution is 7.11. The highest BCUT2D eigenvalue weighted by Crippen LogP contribution is 2.29. The number of benzene rings is 2. The van der Waals surface area contributed by atoms with Crippen LogP contribution >= 0.6 is 34.5 Å². The van der Waals surface area contributed by atoms with Crippen LogP contribution in [-0.4, -0.2) is 9.91 Å². The van der Waals surface area contributed by atoms with Gasteiger partial charge in [-0.1, -0.05) is 35.3 Å². The van der Waals surface area contributed by atoms with Gasteiger partial charge in [-0.2, -0.15) is 5.26 Å². The number of aromatic nitrogens is 1. The summed E-state index contributed by atoms with van der Waals surface area (Å²) in [6.07, 6.45) is 1.49. The number of hydrogen-bond donors (Lipinski definition) is 1. The molecule has 0 saturated carbocycles. The Morgan fingerprint density at radius 1 is 1.30 bits per heavy atom. The van der Waals surface area contributed by atoms with Crippen molar-refractivity contribution in [1.29, 1.82) is 5.26 Å². The van der Waals surface area contributed by atoms with Crippen LogP contribution < -0.4 is 5.32 Å². The smallest absolute Gasteiger partial charge is 0.270 e. The zero-order valence-electron chi connectivity index (χ0n) is 13.5. The van der Waals surface area contributed by atoms with Crippen LogP contribution in [0.15, 0.2) is 54.0 Å². The summed E-state index contributed by atoms with van der Waals surface area (Å²) in [6, 6.07) is 13.2. The monoisotopic (exact) mass is 416 g/mol. The minimum atomic E-state index is -0.462. The number of anilines is 1. The summed E-state index contributed by atoms with van der Waals surface area (Å²) in [5.74, 6) is 0. The topological polar surface area (TPSA) is 91.8 Å². The molecule has 27 heavy (non-hydrogen) atoms. The van der Waals surface area contributed by atoms with Gasteiger partial charge in [0.2, 0.25) is 0 Å². The summed E-state index contributed by atoms with van der Waals surface area (Å²) in [7, 11) is 0. The van der Waals surface area contributed by atoms with E-state index < -0.39 is 4.92 Å². The highest BCUT2D eigenvalue weighted by atomic mass is 35.5. The Bertz CT molecular complexity index is 1090. The lowest BCUT2D eigenvalue weighted by Gasteiger charge is -2.04. The van der Waals surface area contributed by atoms with Crippen LogP contribution in [0.2, 0.25) is 10.0 Å². The fourth-order valence-electron chi connectivity index (χ4n) is 2.21. The number of nitrogens with one attached hydrogen (secondary N) is 1. The van der Waals surface area contributed by atoms with Crippen molar-refractivity contribution in [3.05, 3.63) is 79.2 Å². The molecule has 9 heteroatoms. The number of allylic oxidation sites excluding steroid dienone is 1. The Morgan fingerprint density at radius 2 is 2.11 bits per heavy atom. The lowest BCUT2D eigenvalue weighted by atomic mass is 10.1. The lowest BCUT2D eigenvalue weighted by Crippen LogP contribution is -1.92. The number of nitro groups is 1. The number of rotatable bonds is 5. The van der Waals surface area contributed by atoms with Gasteiger partial charge in [0, 0.05) is 34.3 Å². The molecule has 0 bridgehead atoms. The summed E-state index contributed by atoms with van der Waals surface area (Å²) in [4.78, 5) is 14.9. The van der Waals surface area contributed by atoms with E-state index in [2.05, 4.69) is 16.4 Å². The van der Waals surface area contributed by atoms with Gasteiger partial charge in [-0.25, -0.2) is 4.98 Å². The number of nitro benzene ring substituents is 1. The van der Waals surface area contributed by atoms with Crippen molar-refractivity contribution < 1.29 is 4.92 Å². The predicted molar refractivity (Wildman–Crippen MR) is 108 cm³/mol. The van der Waals surface area contributed by atoms with Gasteiger partial charge in [0.1, 0.15) is 16.6 Å². The second-order valence-corrected chi connectivity index (χ2v) is 6.99. The third-order valence-electron chi connectivity index (χ3n) is 3.51. The van der Waals surface area contributed by atoms with E-state index in [0.29, 0.717) is 37.6 Å². The second-order valence-electron chi connectivity index (χ2n) is 5.28. The van der Waals surface area contributed by atoms with Gasteiger partial charge in [0.25, 0.3) is 5.69 Å². The minimum Gasteiger partial charge on any atom is -0.359 e. The van der Waals surface area contributed by atoms with E-state index in [4.69, 9.17) is 23.2 Å². The number of nitrogens with zero attached hydrogens (tertiary/aromatic N) is 3. The fraction of sp³-hybridized carbons (Fsp3) is 0. The van der Waals surface area contributed by atoms with Gasteiger partial charge in [-0.3, -0.25) is 10.1 Å². The van der Waals surface area contributed by atoms with Crippen molar-refractivity contribution >= 4 is 51.5 Å². The third-order valence-corrected chi connectivity index (χ3v) is 4.95. The van der Waals surface area contributed by atoms with Gasteiger partial charge in [-0.15, -0.1) is 11.3 Å². The van der Waals surface area contributed by atoms with E-state index >= 15 is 0 Å². The third kappa shape index (κ3) is 4.44. The Hall–Kier alpha value is -2.92. The van der Waals surface area contributed by atoms with Crippen molar-refractivity contribution in [2.45, 2.75) is 0 Å². The maximum Gasteiger partial charge on any atom is 0.270 e. The van der Waals surface area contributed by atoms with Crippen molar-refractivity contribution in [1.82, 2.24) is 4.98 Å². The highest BCUT2D eigenvalue weighted by Gasteiger charge is 2.12. The molecule has 0 atom stereocenters. The number of non-ortho nitro benzene ring substituents is 1. The quantitative estimate of drug-likeness (QED) is 0.312. The van der Waals surface area contributed by atoms with Crippen LogP contribution in [0, 0.1) is 21.4 Å². The van der Waals surface area contributed by atoms with Gasteiger partial charge >= 0.3 is 0 Å². The van der Waals surface area contributed by atoms with E-state index in [1.54, 1.807) is 35.7 Å². The zero-order chi connectivity index (χ0) is 19.4. The molecule has 0 saturated heterocycles. The first-order chi connectivity index (χ1) is 13.0. The first kappa shape index (κ1) is 18.9. The number of halogens is 2. The van der Waals surface area contributed by atoms with E-state index in [0.717, 1.165) is 0 Å². The first-order valence-electron chi connectivity index (χ1n) is 7.50. The molecule has 3 rings (SSSR count). The number of hydrogen-bond acceptors (Lipinski definition) is 6. The molecule has 0 amide bonds. The van der Waals surface area contributed by atoms with Crippen molar-refractivity contribution in [2.24, 2.45) is 0 Å². The Morgan fingerprint density at radius 3 is 2.85 bits per heavy atom. The number of thiazole rings is 1. The summed E-state index contributed by atoms with van der Waals surface area (Å²) in [6.45, 7) is 0. The maximum atomic E-state index is 10.9. The van der Waals surface area contributed by atoms with Gasteiger partial charge in [-0.05, 0) is 18.2 Å². The molecular weight excluding hydrogens is 407 g/mol. The van der Waals surface area contributed by atoms with Crippen LogP contribution in [0.3, 0.4) is 0 Å². The molecule has 2 aromatic carbocycles. The molecule has 0 radical (unpaired) electrons. The van der Waals surface area contributed by atoms with E-state index in [1.807, 2.05) is 0 Å². The van der Waals surface area contributed by atoms with Crippen molar-refractivity contribution in [3.8, 4) is 17.3 Å². The van der Waals surface area contributed by atoms with E-state index in [1.165, 1.54) is 29.7 Å². The van der Waals surface area contributed by atoms with Crippen LogP contribution in [-0.2, 0) is 0 Å². The van der Waals surface area contributed by atoms with Gasteiger partial charge in [0.15, 0.2) is 0 Å². The molecular formula is C18H10Cl2N4O2S. The summed E-state index contributed by atoms with van der Waals surface area (Å²) < 4.78 is 0. The molecule has 0 aliphatic rings. The minimum absolute atomic E-state index is 0.0182. The molecule has 0 aliphatic heterocycles. The molecule has 134 valence electrons. The molecule has 0 spiro atoms. The standard InChI is InChI=1S/C18H10Cl2N4O2S/c19-13-4-5-15(20)16(7-13)22-9-12(8-21)18-23-17(10-27-18)11-2-1-3-14(6-11)24(25)26/h1-7,9-10,22H/b12-9-. The molecule has 0 unspecified atom stereocenters. The van der Waals surface area contributed by atoms with Crippen molar-refractivity contribution in [2.75, 3.05) is 5.32 Å². The average molecular weight is 417 g/mol. The molecule has 6 nitrogen and oxygen atoms in total. The molecule has 0 fully saturated rings. The molecule has 0 aliphatic carbocycles. The lowest BCUT2D eigenvalue weighted by molar-refractivity contribution is -0.384. The Kier molecular flexibility index (Phi) is 5.72. The number of nitriles is 1. The largest absolute Gasteiger partial charge is 0.359 e. The van der Waals surface area contributed by atoms with Crippen LogP contribution in [0.4, 0.5) is 11.4 Å². The van der Waals surface area contributed by atoms with Gasteiger partial charge < -0.3 is 5.32 Å². The SMILES string of the molecule is N#C/C(=C/Nc1cc(Cl)ccc1Cl)c1nc(-c2cccc([N+](=O)[O-])c2)cs1. The van der Waals surface area contributed by atoms with Crippen LogP contribution in [0.1, 0.15) is 5.01 Å². The second kappa shape index (κ2) is 8.18. The normalized spacial score (nSPS) is 11.1. The fourth-order valence-corrected chi connectivity index (χ4v) is 3.35. The molecule has 1 aromatic heterocycles. The molecule has 3 aromatic rings. The summed E-state index contributed by atoms with van der Waals surface area (Å²) >= 11 is 13.3.